The number of carbonyl (C=O) groups excluding carboxylic acids is 1. The molecule has 1 saturated heterocycles. The van der Waals surface area contributed by atoms with Crippen molar-refractivity contribution in [3.63, 3.8) is 0 Å². The zero-order valence-corrected chi connectivity index (χ0v) is 21.1. The van der Waals surface area contributed by atoms with Crippen LogP contribution in [0.4, 0.5) is 28.4 Å². The SMILES string of the molecule is COc1ccc(N2CCN(c3ccc(-c4ccc([N+]5(OC=O)N=Nc6ccccc65)cc4)cc3)CC2)cc1. The van der Waals surface area contributed by atoms with Crippen LogP contribution in [0.2, 0.25) is 0 Å². The summed E-state index contributed by atoms with van der Waals surface area (Å²) in [7, 11) is 1.69. The van der Waals surface area contributed by atoms with E-state index < -0.39 is 4.76 Å². The predicted molar refractivity (Wildman–Crippen MR) is 149 cm³/mol. The molecule has 0 spiro atoms. The smallest absolute Gasteiger partial charge is 0.360 e. The number of hydrogen-bond acceptors (Lipinski definition) is 7. The Balaban J connectivity index is 1.14. The highest BCUT2D eigenvalue weighted by Crippen LogP contribution is 2.47. The van der Waals surface area contributed by atoms with Crippen LogP contribution in [-0.4, -0.2) is 39.8 Å². The molecule has 4 aromatic carbocycles. The molecule has 4 aromatic rings. The summed E-state index contributed by atoms with van der Waals surface area (Å²) in [5.41, 5.74) is 6.70. The molecule has 0 saturated carbocycles. The maximum Gasteiger partial charge on any atom is 0.360 e. The lowest BCUT2D eigenvalue weighted by Crippen LogP contribution is -2.46. The first-order chi connectivity index (χ1) is 18.7. The second-order valence-corrected chi connectivity index (χ2v) is 9.22. The maximum absolute atomic E-state index is 11.4. The standard InChI is InChI=1S/C30H28N5O3/c1-37-28-16-12-26(13-17-28)34-20-18-33(19-21-34)25-10-6-23(7-11-25)24-8-14-27(15-9-24)35(38-22-36)30-5-3-2-4-29(30)31-32-35/h2-17,22H,18-21H2,1H3/q+1. The third-order valence-electron chi connectivity index (χ3n) is 7.18. The Bertz CT molecular complexity index is 1450. The predicted octanol–water partition coefficient (Wildman–Crippen LogP) is 6.43. The first kappa shape index (κ1) is 23.7. The van der Waals surface area contributed by atoms with Crippen LogP contribution >= 0.6 is 0 Å². The summed E-state index contributed by atoms with van der Waals surface area (Å²) in [5.74, 6) is 0.879. The third kappa shape index (κ3) is 4.25. The molecule has 0 N–H and O–H groups in total. The van der Waals surface area contributed by atoms with Gasteiger partial charge >= 0.3 is 6.47 Å². The van der Waals surface area contributed by atoms with Crippen molar-refractivity contribution in [3.05, 3.63) is 97.1 Å². The number of fused-ring (bicyclic) bond motifs is 1. The Morgan fingerprint density at radius 2 is 1.29 bits per heavy atom. The number of anilines is 2. The molecule has 2 aliphatic heterocycles. The molecule has 6 rings (SSSR count). The van der Waals surface area contributed by atoms with Crippen molar-refractivity contribution in [2.24, 2.45) is 10.3 Å². The van der Waals surface area contributed by atoms with Gasteiger partial charge in [0.25, 0.3) is 0 Å². The highest BCUT2D eigenvalue weighted by atomic mass is 16.8. The van der Waals surface area contributed by atoms with Crippen molar-refractivity contribution < 1.29 is 14.4 Å². The average molecular weight is 507 g/mol. The first-order valence-electron chi connectivity index (χ1n) is 12.6. The number of piperazine rings is 1. The van der Waals surface area contributed by atoms with Crippen LogP contribution in [-0.2, 0) is 9.63 Å². The molecule has 1 atom stereocenters. The number of benzene rings is 4. The number of hydrogen-bond donors (Lipinski definition) is 0. The van der Waals surface area contributed by atoms with E-state index in [1.807, 2.05) is 60.7 Å². The van der Waals surface area contributed by atoms with Crippen molar-refractivity contribution in [1.29, 1.82) is 0 Å². The Hall–Kier alpha value is -4.69. The molecule has 190 valence electrons. The summed E-state index contributed by atoms with van der Waals surface area (Å²) in [6, 6.07) is 32.3. The Kier molecular flexibility index (Phi) is 6.23. The lowest BCUT2D eigenvalue weighted by Gasteiger charge is -2.37. The highest BCUT2D eigenvalue weighted by Gasteiger charge is 2.45. The summed E-state index contributed by atoms with van der Waals surface area (Å²) in [5, 5.41) is 8.50. The van der Waals surface area contributed by atoms with E-state index in [-0.39, 0.29) is 0 Å². The van der Waals surface area contributed by atoms with E-state index in [0.717, 1.165) is 43.1 Å². The first-order valence-corrected chi connectivity index (χ1v) is 12.6. The van der Waals surface area contributed by atoms with E-state index in [1.54, 1.807) is 7.11 Å². The van der Waals surface area contributed by atoms with Gasteiger partial charge in [0.15, 0.2) is 5.69 Å². The second-order valence-electron chi connectivity index (χ2n) is 9.22. The van der Waals surface area contributed by atoms with Crippen LogP contribution in [0.15, 0.2) is 107 Å². The fourth-order valence-corrected chi connectivity index (χ4v) is 5.09. The van der Waals surface area contributed by atoms with E-state index in [4.69, 9.17) is 9.57 Å². The summed E-state index contributed by atoms with van der Waals surface area (Å²) in [6.07, 6.45) is 0. The van der Waals surface area contributed by atoms with Gasteiger partial charge in [0.1, 0.15) is 5.75 Å². The molecule has 2 heterocycles. The highest BCUT2D eigenvalue weighted by molar-refractivity contribution is 5.74. The van der Waals surface area contributed by atoms with E-state index in [9.17, 15) is 4.79 Å². The lowest BCUT2D eigenvalue weighted by molar-refractivity contribution is -0.156. The molecule has 0 bridgehead atoms. The molecule has 8 heteroatoms. The van der Waals surface area contributed by atoms with Gasteiger partial charge in [-0.25, -0.2) is 9.63 Å². The van der Waals surface area contributed by atoms with Gasteiger partial charge in [-0.15, -0.1) is 0 Å². The van der Waals surface area contributed by atoms with Crippen molar-refractivity contribution in [3.8, 4) is 16.9 Å². The van der Waals surface area contributed by atoms with E-state index >= 15 is 0 Å². The van der Waals surface area contributed by atoms with Gasteiger partial charge in [0, 0.05) is 55.8 Å². The van der Waals surface area contributed by atoms with E-state index in [0.29, 0.717) is 23.5 Å². The van der Waals surface area contributed by atoms with E-state index in [1.165, 1.54) is 11.4 Å². The number of carbonyl (C=O) groups is 1. The van der Waals surface area contributed by atoms with Gasteiger partial charge in [-0.05, 0) is 65.7 Å². The quantitative estimate of drug-likeness (QED) is 0.214. The summed E-state index contributed by atoms with van der Waals surface area (Å²) < 4.78 is 4.85. The second kappa shape index (κ2) is 9.99. The van der Waals surface area contributed by atoms with Gasteiger partial charge in [0.2, 0.25) is 11.4 Å². The minimum Gasteiger partial charge on any atom is -0.497 e. The number of quaternary nitrogens is 1. The lowest BCUT2D eigenvalue weighted by atomic mass is 10.0. The maximum atomic E-state index is 11.4. The number of methoxy groups -OCH3 is 1. The topological polar surface area (TPSA) is 66.7 Å². The summed E-state index contributed by atoms with van der Waals surface area (Å²) >= 11 is 0. The molecule has 1 fully saturated rings. The van der Waals surface area contributed by atoms with Crippen molar-refractivity contribution in [1.82, 2.24) is 4.76 Å². The minimum absolute atomic E-state index is 0.407. The van der Waals surface area contributed by atoms with Crippen LogP contribution in [0.25, 0.3) is 11.1 Å². The van der Waals surface area contributed by atoms with Crippen LogP contribution in [0.1, 0.15) is 0 Å². The normalized spacial score (nSPS) is 18.2. The molecular weight excluding hydrogens is 478 g/mol. The number of nitrogens with zero attached hydrogens (tertiary/aromatic N) is 5. The Morgan fingerprint density at radius 1 is 0.737 bits per heavy atom. The molecule has 8 nitrogen and oxygen atoms in total. The zero-order chi connectivity index (χ0) is 26.0. The van der Waals surface area contributed by atoms with Gasteiger partial charge in [-0.3, -0.25) is 0 Å². The van der Waals surface area contributed by atoms with E-state index in [2.05, 4.69) is 56.5 Å². The third-order valence-corrected chi connectivity index (χ3v) is 7.18. The molecule has 0 aromatic heterocycles. The monoisotopic (exact) mass is 506 g/mol. The summed E-state index contributed by atoms with van der Waals surface area (Å²) in [4.78, 5) is 21.7. The summed E-state index contributed by atoms with van der Waals surface area (Å²) in [6.45, 7) is 4.28. The number of para-hydroxylation sites is 1. The van der Waals surface area contributed by atoms with Crippen molar-refractivity contribution in [2.75, 3.05) is 43.1 Å². The van der Waals surface area contributed by atoms with Crippen molar-refractivity contribution in [2.45, 2.75) is 0 Å². The fourth-order valence-electron chi connectivity index (χ4n) is 5.09. The number of rotatable bonds is 7. The van der Waals surface area contributed by atoms with Gasteiger partial charge in [0.05, 0.1) is 17.1 Å². The molecule has 0 radical (unpaired) electrons. The molecule has 0 amide bonds. The zero-order valence-electron chi connectivity index (χ0n) is 21.1. The molecule has 2 aliphatic rings. The van der Waals surface area contributed by atoms with Gasteiger partial charge in [-0.1, -0.05) is 29.4 Å². The van der Waals surface area contributed by atoms with Gasteiger partial charge in [-0.2, -0.15) is 0 Å². The van der Waals surface area contributed by atoms with Crippen LogP contribution < -0.4 is 19.3 Å². The largest absolute Gasteiger partial charge is 0.497 e. The fraction of sp³-hybridized carbons (Fsp3) is 0.167. The number of ether oxygens (including phenoxy) is 1. The minimum atomic E-state index is -0.429. The van der Waals surface area contributed by atoms with Crippen molar-refractivity contribution >= 4 is 34.9 Å². The molecule has 38 heavy (non-hydrogen) atoms. The van der Waals surface area contributed by atoms with Crippen LogP contribution in [0.3, 0.4) is 0 Å². The Morgan fingerprint density at radius 3 is 1.87 bits per heavy atom. The molecule has 0 aliphatic carbocycles. The van der Waals surface area contributed by atoms with Crippen LogP contribution in [0.5, 0.6) is 5.75 Å². The molecular formula is C30H28N5O3+. The molecule has 1 unspecified atom stereocenters. The van der Waals surface area contributed by atoms with Crippen LogP contribution in [0, 0.1) is 0 Å². The van der Waals surface area contributed by atoms with Gasteiger partial charge < -0.3 is 14.5 Å². The average Bonchev–Trinajstić information content (AvgIpc) is 3.37. The Labute approximate surface area is 221 Å².